The Morgan fingerprint density at radius 3 is 2.56 bits per heavy atom. The van der Waals surface area contributed by atoms with E-state index in [0.717, 1.165) is 6.54 Å². The van der Waals surface area contributed by atoms with Crippen molar-refractivity contribution in [2.24, 2.45) is 7.05 Å². The first kappa shape index (κ1) is 13.0. The number of imidazole rings is 1. The van der Waals surface area contributed by atoms with E-state index in [9.17, 15) is 0 Å². The normalized spacial score (nSPS) is 9.94. The number of halogens is 1. The molecule has 0 aliphatic heterocycles. The summed E-state index contributed by atoms with van der Waals surface area (Å²) in [5, 5.41) is 0. The lowest BCUT2D eigenvalue weighted by atomic mass is 10.1. The van der Waals surface area contributed by atoms with Crippen LogP contribution in [0.3, 0.4) is 0 Å². The van der Waals surface area contributed by atoms with Gasteiger partial charge in [0, 0.05) is 6.92 Å². The lowest BCUT2D eigenvalue weighted by Crippen LogP contribution is -3.00. The monoisotopic (exact) mass is 280 g/mol. The summed E-state index contributed by atoms with van der Waals surface area (Å²) < 4.78 is 4.39. The lowest BCUT2D eigenvalue weighted by Gasteiger charge is -2.01. The van der Waals surface area contributed by atoms with Gasteiger partial charge in [-0.05, 0) is 12.5 Å². The second-order valence-corrected chi connectivity index (χ2v) is 4.07. The molecule has 0 spiro atoms. The van der Waals surface area contributed by atoms with Crippen LogP contribution in [0.1, 0.15) is 17.0 Å². The molecule has 0 atom stereocenters. The smallest absolute Gasteiger partial charge is 0.253 e. The maximum absolute atomic E-state index is 2.26. The van der Waals surface area contributed by atoms with Gasteiger partial charge in [-0.3, -0.25) is 0 Å². The summed E-state index contributed by atoms with van der Waals surface area (Å²) in [6.07, 6.45) is 4.21. The van der Waals surface area contributed by atoms with Gasteiger partial charge in [0.15, 0.2) is 0 Å². The molecule has 1 aromatic heterocycles. The van der Waals surface area contributed by atoms with Gasteiger partial charge in [0.1, 0.15) is 18.9 Å². The van der Waals surface area contributed by atoms with Crippen LogP contribution >= 0.6 is 0 Å². The highest BCUT2D eigenvalue weighted by Crippen LogP contribution is 2.06. The maximum Gasteiger partial charge on any atom is 0.253 e. The zero-order valence-corrected chi connectivity index (χ0v) is 11.5. The molecule has 2 nitrogen and oxygen atoms in total. The molecule has 0 amide bonds. The molecule has 0 aliphatic rings. The van der Waals surface area contributed by atoms with Gasteiger partial charge in [-0.1, -0.05) is 29.8 Å². The van der Waals surface area contributed by atoms with E-state index in [1.54, 1.807) is 0 Å². The molecule has 1 heterocycles. The van der Waals surface area contributed by atoms with E-state index in [2.05, 4.69) is 66.7 Å². The topological polar surface area (TPSA) is 8.81 Å². The number of benzene rings is 1. The highest BCUT2D eigenvalue weighted by atomic mass is 79.9. The molecule has 0 saturated carbocycles. The molecule has 0 N–H and O–H groups in total. The number of hydrogen-bond donors (Lipinski definition) is 0. The summed E-state index contributed by atoms with van der Waals surface area (Å²) in [4.78, 5) is 0. The number of aromatic nitrogens is 2. The summed E-state index contributed by atoms with van der Waals surface area (Å²) in [7, 11) is 2.07. The fourth-order valence-corrected chi connectivity index (χ4v) is 1.77. The number of rotatable bonds is 2. The van der Waals surface area contributed by atoms with Crippen LogP contribution < -0.4 is 21.5 Å². The van der Waals surface area contributed by atoms with Crippen molar-refractivity contribution in [3.05, 3.63) is 53.6 Å². The number of hydrogen-bond acceptors (Lipinski definition) is 0. The van der Waals surface area contributed by atoms with Crippen LogP contribution in [0.5, 0.6) is 0 Å². The minimum atomic E-state index is 0. The second kappa shape index (κ2) is 5.30. The molecule has 3 heteroatoms. The van der Waals surface area contributed by atoms with Crippen molar-refractivity contribution in [1.82, 2.24) is 4.57 Å². The summed E-state index contributed by atoms with van der Waals surface area (Å²) in [5.74, 6) is 1.27. The van der Waals surface area contributed by atoms with Crippen LogP contribution in [0.25, 0.3) is 0 Å². The van der Waals surface area contributed by atoms with Crippen molar-refractivity contribution in [3.63, 3.8) is 0 Å². The Hall–Kier alpha value is -1.09. The van der Waals surface area contributed by atoms with E-state index in [0.29, 0.717) is 0 Å². The third kappa shape index (κ3) is 2.73. The Kier molecular flexibility index (Phi) is 4.30. The maximum atomic E-state index is 2.26. The summed E-state index contributed by atoms with van der Waals surface area (Å²) in [6, 6.07) is 8.65. The molecule has 0 unspecified atom stereocenters. The molecule has 0 aliphatic carbocycles. The second-order valence-electron chi connectivity index (χ2n) is 4.07. The van der Waals surface area contributed by atoms with Gasteiger partial charge in [-0.15, -0.1) is 0 Å². The first-order valence-corrected chi connectivity index (χ1v) is 5.24. The van der Waals surface area contributed by atoms with Crippen LogP contribution in [0.2, 0.25) is 0 Å². The minimum absolute atomic E-state index is 0. The highest BCUT2D eigenvalue weighted by molar-refractivity contribution is 5.22. The van der Waals surface area contributed by atoms with Gasteiger partial charge in [0.25, 0.3) is 5.82 Å². The Morgan fingerprint density at radius 2 is 2.00 bits per heavy atom. The van der Waals surface area contributed by atoms with Crippen molar-refractivity contribution in [2.75, 3.05) is 0 Å². The predicted octanol–water partition coefficient (Wildman–Crippen LogP) is -1.02. The van der Waals surface area contributed by atoms with Crippen molar-refractivity contribution < 1.29 is 21.5 Å². The molecule has 0 bridgehead atoms. The molecule has 2 rings (SSSR count). The summed E-state index contributed by atoms with van der Waals surface area (Å²) in [6.45, 7) is 5.22. The van der Waals surface area contributed by atoms with E-state index in [4.69, 9.17) is 0 Å². The van der Waals surface area contributed by atoms with Gasteiger partial charge in [-0.2, -0.15) is 0 Å². The van der Waals surface area contributed by atoms with Crippen molar-refractivity contribution in [3.8, 4) is 0 Å². The molecule has 86 valence electrons. The summed E-state index contributed by atoms with van der Waals surface area (Å²) in [5.41, 5.74) is 2.68. The fourth-order valence-electron chi connectivity index (χ4n) is 1.77. The molecular weight excluding hydrogens is 264 g/mol. The minimum Gasteiger partial charge on any atom is -1.00 e. The predicted molar refractivity (Wildman–Crippen MR) is 60.6 cm³/mol. The third-order valence-electron chi connectivity index (χ3n) is 2.83. The van der Waals surface area contributed by atoms with Gasteiger partial charge in [0.2, 0.25) is 0 Å². The fraction of sp³-hybridized carbons (Fsp3) is 0.308. The van der Waals surface area contributed by atoms with Crippen LogP contribution in [0.15, 0.2) is 36.7 Å². The molecule has 1 aromatic carbocycles. The van der Waals surface area contributed by atoms with E-state index < -0.39 is 0 Å². The lowest BCUT2D eigenvalue weighted by molar-refractivity contribution is -0.677. The van der Waals surface area contributed by atoms with Crippen molar-refractivity contribution >= 4 is 0 Å². The van der Waals surface area contributed by atoms with Crippen LogP contribution in [-0.4, -0.2) is 4.57 Å². The largest absolute Gasteiger partial charge is 1.00 e. The average Bonchev–Trinajstić information content (AvgIpc) is 2.50. The van der Waals surface area contributed by atoms with E-state index >= 15 is 0 Å². The zero-order chi connectivity index (χ0) is 10.8. The zero-order valence-electron chi connectivity index (χ0n) is 9.94. The van der Waals surface area contributed by atoms with Crippen LogP contribution in [0.4, 0.5) is 0 Å². The average molecular weight is 281 g/mol. The molecule has 0 radical (unpaired) electrons. The highest BCUT2D eigenvalue weighted by Gasteiger charge is 2.08. The first-order chi connectivity index (χ1) is 7.16. The molecule has 2 aromatic rings. The van der Waals surface area contributed by atoms with Crippen molar-refractivity contribution in [1.29, 1.82) is 0 Å². The Bertz CT molecular complexity index is 475. The molecule has 0 fully saturated rings. The van der Waals surface area contributed by atoms with Gasteiger partial charge in [0.05, 0.1) is 7.05 Å². The SMILES string of the molecule is Cc1cccc(Cn2cc[n+](C)c2C)c1.[Br-]. The van der Waals surface area contributed by atoms with Crippen LogP contribution in [0, 0.1) is 13.8 Å². The Labute approximate surface area is 107 Å². The quantitative estimate of drug-likeness (QED) is 0.623. The van der Waals surface area contributed by atoms with Gasteiger partial charge < -0.3 is 17.0 Å². The van der Waals surface area contributed by atoms with E-state index in [1.165, 1.54) is 17.0 Å². The van der Waals surface area contributed by atoms with Crippen molar-refractivity contribution in [2.45, 2.75) is 20.4 Å². The molecular formula is C13H17BrN2. The Balaban J connectivity index is 0.00000128. The van der Waals surface area contributed by atoms with E-state index in [-0.39, 0.29) is 17.0 Å². The van der Waals surface area contributed by atoms with Gasteiger partial charge in [-0.25, -0.2) is 9.13 Å². The number of aryl methyl sites for hydroxylation is 2. The van der Waals surface area contributed by atoms with E-state index in [1.807, 2.05) is 0 Å². The van der Waals surface area contributed by atoms with Crippen LogP contribution in [-0.2, 0) is 13.6 Å². The summed E-state index contributed by atoms with van der Waals surface area (Å²) >= 11 is 0. The van der Waals surface area contributed by atoms with Gasteiger partial charge >= 0.3 is 0 Å². The first-order valence-electron chi connectivity index (χ1n) is 5.24. The third-order valence-corrected chi connectivity index (χ3v) is 2.83. The molecule has 16 heavy (non-hydrogen) atoms. The standard InChI is InChI=1S/C13H17N2.BrH/c1-11-5-4-6-13(9-11)10-15-8-7-14(3)12(15)2;/h4-9H,10H2,1-3H3;1H/q+1;/p-1. The molecule has 0 saturated heterocycles. The number of nitrogens with zero attached hydrogens (tertiary/aromatic N) is 2. The Morgan fingerprint density at radius 1 is 1.25 bits per heavy atom.